The first-order chi connectivity index (χ1) is 14.5. The van der Waals surface area contributed by atoms with Gasteiger partial charge in [-0.3, -0.25) is 9.10 Å². The van der Waals surface area contributed by atoms with Crippen LogP contribution in [0.4, 0.5) is 11.4 Å². The third-order valence-electron chi connectivity index (χ3n) is 5.37. The van der Waals surface area contributed by atoms with Crippen LogP contribution in [0.5, 0.6) is 0 Å². The largest absolute Gasteiger partial charge is 0.322 e. The van der Waals surface area contributed by atoms with Crippen molar-refractivity contribution in [2.75, 3.05) is 16.2 Å². The minimum absolute atomic E-state index is 0.217. The molecule has 30 heavy (non-hydrogen) atoms. The summed E-state index contributed by atoms with van der Waals surface area (Å²) in [6.07, 6.45) is 2.48. The SMILES string of the molecule is CCc1ccc(C(=O)Nc2ccc3c(c2)N(S(=O)(=O)c2ccccc2)CCC3)cc1. The molecule has 1 aliphatic heterocycles. The molecule has 5 nitrogen and oxygen atoms in total. The number of rotatable bonds is 5. The zero-order valence-corrected chi connectivity index (χ0v) is 17.7. The van der Waals surface area contributed by atoms with Crippen LogP contribution in [0.25, 0.3) is 0 Å². The lowest BCUT2D eigenvalue weighted by atomic mass is 10.0. The van der Waals surface area contributed by atoms with Crippen LogP contribution in [-0.2, 0) is 22.9 Å². The second kappa shape index (κ2) is 8.32. The van der Waals surface area contributed by atoms with Gasteiger partial charge in [0.15, 0.2) is 0 Å². The third kappa shape index (κ3) is 3.96. The summed E-state index contributed by atoms with van der Waals surface area (Å²) in [5, 5.41) is 2.90. The highest BCUT2D eigenvalue weighted by Gasteiger charge is 2.29. The number of carbonyl (C=O) groups excluding carboxylic acids is 1. The van der Waals surface area contributed by atoms with Crippen molar-refractivity contribution < 1.29 is 13.2 Å². The molecule has 0 aromatic heterocycles. The molecular formula is C24H24N2O3S. The predicted octanol–water partition coefficient (Wildman–Crippen LogP) is 4.64. The summed E-state index contributed by atoms with van der Waals surface area (Å²) in [7, 11) is -3.66. The molecule has 0 fully saturated rings. The van der Waals surface area contributed by atoms with Gasteiger partial charge in [0.05, 0.1) is 10.6 Å². The number of fused-ring (bicyclic) bond motifs is 1. The lowest BCUT2D eigenvalue weighted by Crippen LogP contribution is -2.35. The van der Waals surface area contributed by atoms with Crippen molar-refractivity contribution in [2.24, 2.45) is 0 Å². The van der Waals surface area contributed by atoms with Gasteiger partial charge in [-0.25, -0.2) is 8.42 Å². The Bertz CT molecular complexity index is 1160. The van der Waals surface area contributed by atoms with Gasteiger partial charge < -0.3 is 5.32 Å². The van der Waals surface area contributed by atoms with Gasteiger partial charge >= 0.3 is 0 Å². The van der Waals surface area contributed by atoms with Crippen LogP contribution >= 0.6 is 0 Å². The van der Waals surface area contributed by atoms with E-state index in [9.17, 15) is 13.2 Å². The van der Waals surface area contributed by atoms with E-state index in [0.29, 0.717) is 23.5 Å². The number of nitrogens with zero attached hydrogens (tertiary/aromatic N) is 1. The monoisotopic (exact) mass is 420 g/mol. The standard InChI is InChI=1S/C24H24N2O3S/c1-2-18-10-12-20(13-11-18)24(27)25-21-15-14-19-7-6-16-26(23(19)17-21)30(28,29)22-8-4-3-5-9-22/h3-5,8-15,17H,2,6-7,16H2,1H3,(H,25,27). The quantitative estimate of drug-likeness (QED) is 0.654. The Labute approximate surface area is 177 Å². The van der Waals surface area contributed by atoms with Crippen molar-refractivity contribution in [3.63, 3.8) is 0 Å². The van der Waals surface area contributed by atoms with E-state index in [0.717, 1.165) is 24.8 Å². The molecule has 3 aromatic rings. The van der Waals surface area contributed by atoms with Gasteiger partial charge in [0.25, 0.3) is 15.9 Å². The first-order valence-electron chi connectivity index (χ1n) is 10.1. The van der Waals surface area contributed by atoms with Gasteiger partial charge in [0, 0.05) is 17.8 Å². The molecule has 0 spiro atoms. The molecule has 1 amide bonds. The molecule has 1 aliphatic rings. The molecule has 1 N–H and O–H groups in total. The highest BCUT2D eigenvalue weighted by atomic mass is 32.2. The zero-order valence-electron chi connectivity index (χ0n) is 16.8. The Morgan fingerprint density at radius 2 is 1.73 bits per heavy atom. The van der Waals surface area contributed by atoms with Crippen molar-refractivity contribution in [1.29, 1.82) is 0 Å². The number of amides is 1. The normalized spacial score (nSPS) is 13.6. The average molecular weight is 421 g/mol. The minimum atomic E-state index is -3.66. The number of benzene rings is 3. The van der Waals surface area contributed by atoms with Crippen LogP contribution in [-0.4, -0.2) is 20.9 Å². The summed E-state index contributed by atoms with van der Waals surface area (Å²) >= 11 is 0. The average Bonchev–Trinajstić information content (AvgIpc) is 2.79. The maximum atomic E-state index is 13.2. The molecule has 1 heterocycles. The van der Waals surface area contributed by atoms with Gasteiger partial charge in [-0.15, -0.1) is 0 Å². The molecule has 154 valence electrons. The number of carbonyl (C=O) groups is 1. The van der Waals surface area contributed by atoms with Gasteiger partial charge in [0.2, 0.25) is 0 Å². The molecule has 0 atom stereocenters. The molecule has 0 unspecified atom stereocenters. The molecule has 0 aliphatic carbocycles. The predicted molar refractivity (Wildman–Crippen MR) is 120 cm³/mol. The highest BCUT2D eigenvalue weighted by molar-refractivity contribution is 7.92. The van der Waals surface area contributed by atoms with E-state index in [1.54, 1.807) is 48.5 Å². The van der Waals surface area contributed by atoms with Crippen LogP contribution in [0.2, 0.25) is 0 Å². The molecule has 0 saturated heterocycles. The maximum absolute atomic E-state index is 13.2. The smallest absolute Gasteiger partial charge is 0.264 e. The first kappa shape index (κ1) is 20.2. The van der Waals surface area contributed by atoms with E-state index in [-0.39, 0.29) is 10.8 Å². The molecule has 3 aromatic carbocycles. The van der Waals surface area contributed by atoms with Gasteiger partial charge in [0.1, 0.15) is 0 Å². The Balaban J connectivity index is 1.63. The first-order valence-corrected chi connectivity index (χ1v) is 11.5. The second-order valence-electron chi connectivity index (χ2n) is 7.34. The summed E-state index contributed by atoms with van der Waals surface area (Å²) in [6.45, 7) is 2.48. The number of aryl methyl sites for hydroxylation is 2. The topological polar surface area (TPSA) is 66.5 Å². The molecule has 6 heteroatoms. The summed E-state index contributed by atoms with van der Waals surface area (Å²) in [5.74, 6) is -0.217. The van der Waals surface area contributed by atoms with E-state index in [2.05, 4.69) is 12.2 Å². The van der Waals surface area contributed by atoms with Crippen molar-refractivity contribution in [3.8, 4) is 0 Å². The molecule has 0 radical (unpaired) electrons. The van der Waals surface area contributed by atoms with E-state index in [4.69, 9.17) is 0 Å². The zero-order chi connectivity index (χ0) is 21.1. The Morgan fingerprint density at radius 3 is 2.43 bits per heavy atom. The second-order valence-corrected chi connectivity index (χ2v) is 9.20. The van der Waals surface area contributed by atoms with E-state index in [1.807, 2.05) is 24.3 Å². The van der Waals surface area contributed by atoms with Crippen LogP contribution in [0.3, 0.4) is 0 Å². The minimum Gasteiger partial charge on any atom is -0.322 e. The van der Waals surface area contributed by atoms with E-state index < -0.39 is 10.0 Å². The van der Waals surface area contributed by atoms with Gasteiger partial charge in [-0.2, -0.15) is 0 Å². The Morgan fingerprint density at radius 1 is 1.00 bits per heavy atom. The lowest BCUT2D eigenvalue weighted by Gasteiger charge is -2.31. The molecule has 4 rings (SSSR count). The van der Waals surface area contributed by atoms with Crippen LogP contribution < -0.4 is 9.62 Å². The van der Waals surface area contributed by atoms with Crippen molar-refractivity contribution in [3.05, 3.63) is 89.5 Å². The van der Waals surface area contributed by atoms with Gasteiger partial charge in [-0.05, 0) is 66.8 Å². The Kier molecular flexibility index (Phi) is 5.59. The number of hydrogen-bond acceptors (Lipinski definition) is 3. The summed E-state index contributed by atoms with van der Waals surface area (Å²) in [5.41, 5.74) is 3.91. The molecular weight excluding hydrogens is 396 g/mol. The fourth-order valence-electron chi connectivity index (χ4n) is 3.68. The van der Waals surface area contributed by atoms with Crippen LogP contribution in [0.15, 0.2) is 77.7 Å². The lowest BCUT2D eigenvalue weighted by molar-refractivity contribution is 0.102. The van der Waals surface area contributed by atoms with Crippen LogP contribution in [0, 0.1) is 0 Å². The van der Waals surface area contributed by atoms with E-state index in [1.165, 1.54) is 9.87 Å². The fourth-order valence-corrected chi connectivity index (χ4v) is 5.24. The molecule has 0 bridgehead atoms. The summed E-state index contributed by atoms with van der Waals surface area (Å²) in [6, 6.07) is 21.4. The van der Waals surface area contributed by atoms with Gasteiger partial charge in [-0.1, -0.05) is 43.3 Å². The summed E-state index contributed by atoms with van der Waals surface area (Å²) in [4.78, 5) is 12.9. The van der Waals surface area contributed by atoms with E-state index >= 15 is 0 Å². The maximum Gasteiger partial charge on any atom is 0.264 e. The van der Waals surface area contributed by atoms with Crippen molar-refractivity contribution in [1.82, 2.24) is 0 Å². The van der Waals surface area contributed by atoms with Crippen molar-refractivity contribution >= 4 is 27.3 Å². The number of nitrogens with one attached hydrogen (secondary N) is 1. The number of sulfonamides is 1. The third-order valence-corrected chi connectivity index (χ3v) is 7.20. The molecule has 0 saturated carbocycles. The van der Waals surface area contributed by atoms with Crippen LogP contribution in [0.1, 0.15) is 34.8 Å². The Hall–Kier alpha value is -3.12. The highest BCUT2D eigenvalue weighted by Crippen LogP contribution is 2.34. The fraction of sp³-hybridized carbons (Fsp3) is 0.208. The summed E-state index contributed by atoms with van der Waals surface area (Å²) < 4.78 is 27.9. The van der Waals surface area contributed by atoms with Crippen molar-refractivity contribution in [2.45, 2.75) is 31.1 Å². The number of hydrogen-bond donors (Lipinski definition) is 1. The number of anilines is 2.